The number of aromatic nitrogens is 1. The minimum Gasteiger partial charge on any atom is -0.454 e. The average molecular weight is 478 g/mol. The third kappa shape index (κ3) is 5.70. The number of benzene rings is 1. The molecule has 2 aromatic rings. The molecular weight excluding hydrogens is 446 g/mol. The molecule has 1 aliphatic carbocycles. The lowest BCUT2D eigenvalue weighted by molar-refractivity contribution is -0.130. The summed E-state index contributed by atoms with van der Waals surface area (Å²) in [4.78, 5) is 48.9. The number of esters is 1. The second kappa shape index (κ2) is 10.7. The number of hydrogen-bond donors (Lipinski definition) is 1. The molecule has 0 unspecified atom stereocenters. The molecule has 2 amide bonds. The van der Waals surface area contributed by atoms with E-state index >= 15 is 0 Å². The maximum Gasteiger partial charge on any atom is 0.338 e. The minimum atomic E-state index is -0.628. The molecule has 1 fully saturated rings. The van der Waals surface area contributed by atoms with Gasteiger partial charge in [0, 0.05) is 36.3 Å². The van der Waals surface area contributed by atoms with Crippen molar-refractivity contribution in [3.8, 4) is 0 Å². The van der Waals surface area contributed by atoms with E-state index in [1.54, 1.807) is 12.1 Å². The van der Waals surface area contributed by atoms with Crippen molar-refractivity contribution < 1.29 is 23.9 Å². The molecule has 2 heterocycles. The monoisotopic (exact) mass is 477 g/mol. The van der Waals surface area contributed by atoms with Crippen LogP contribution in [0.25, 0.3) is 0 Å². The van der Waals surface area contributed by atoms with Crippen LogP contribution in [-0.4, -0.2) is 34.7 Å². The van der Waals surface area contributed by atoms with E-state index in [4.69, 9.17) is 4.74 Å². The van der Waals surface area contributed by atoms with E-state index in [0.29, 0.717) is 11.3 Å². The number of aryl methyl sites for hydroxylation is 1. The standard InChI is InChI=1S/C27H31N3O5/c1-18-16-23(19(2)29(18)15-14-20-6-4-3-5-7-20)24(31)17-35-27(34)21-8-10-22(11-9-21)30-26(33)13-12-25(32)28-30/h6,8-11,16H,3-5,7,12-15,17H2,1-2H3,(H,28,32). The molecule has 0 atom stereocenters. The van der Waals surface area contributed by atoms with Gasteiger partial charge in [-0.1, -0.05) is 11.6 Å². The maximum absolute atomic E-state index is 12.8. The molecular formula is C27H31N3O5. The van der Waals surface area contributed by atoms with Crippen LogP contribution in [0.2, 0.25) is 0 Å². The van der Waals surface area contributed by atoms with Crippen LogP contribution >= 0.6 is 0 Å². The minimum absolute atomic E-state index is 0.135. The van der Waals surface area contributed by atoms with Gasteiger partial charge in [0.1, 0.15) is 0 Å². The van der Waals surface area contributed by atoms with E-state index in [2.05, 4.69) is 16.1 Å². The molecule has 1 aliphatic heterocycles. The Hall–Kier alpha value is -3.68. The lowest BCUT2D eigenvalue weighted by atomic mass is 9.97. The van der Waals surface area contributed by atoms with Gasteiger partial charge in [0.25, 0.3) is 0 Å². The highest BCUT2D eigenvalue weighted by molar-refractivity contribution is 6.02. The van der Waals surface area contributed by atoms with Crippen LogP contribution in [0.5, 0.6) is 0 Å². The molecule has 0 radical (unpaired) electrons. The third-order valence-corrected chi connectivity index (χ3v) is 6.66. The van der Waals surface area contributed by atoms with Crippen molar-refractivity contribution in [3.63, 3.8) is 0 Å². The Morgan fingerprint density at radius 2 is 1.80 bits per heavy atom. The van der Waals surface area contributed by atoms with Crippen LogP contribution < -0.4 is 10.4 Å². The van der Waals surface area contributed by atoms with Crippen molar-refractivity contribution in [3.05, 3.63) is 64.5 Å². The lowest BCUT2D eigenvalue weighted by Crippen LogP contribution is -2.50. The zero-order chi connectivity index (χ0) is 24.9. The van der Waals surface area contributed by atoms with Gasteiger partial charge in [-0.05, 0) is 76.3 Å². The van der Waals surface area contributed by atoms with Crippen LogP contribution in [0, 0.1) is 13.8 Å². The van der Waals surface area contributed by atoms with Gasteiger partial charge in [0.2, 0.25) is 17.6 Å². The smallest absolute Gasteiger partial charge is 0.338 e. The van der Waals surface area contributed by atoms with Crippen LogP contribution in [0.3, 0.4) is 0 Å². The van der Waals surface area contributed by atoms with Crippen LogP contribution in [0.4, 0.5) is 5.69 Å². The van der Waals surface area contributed by atoms with Crippen molar-refractivity contribution in [2.45, 2.75) is 65.3 Å². The lowest BCUT2D eigenvalue weighted by Gasteiger charge is -2.27. The number of anilines is 1. The number of Topliss-reactive ketones (excluding diaryl/α,β-unsaturated/α-hetero) is 1. The van der Waals surface area contributed by atoms with Crippen molar-refractivity contribution in [2.24, 2.45) is 0 Å². The summed E-state index contributed by atoms with van der Waals surface area (Å²) in [7, 11) is 0. The van der Waals surface area contributed by atoms with Gasteiger partial charge in [-0.2, -0.15) is 0 Å². The molecule has 1 aromatic carbocycles. The third-order valence-electron chi connectivity index (χ3n) is 6.66. The fraction of sp³-hybridized carbons (Fsp3) is 0.407. The summed E-state index contributed by atoms with van der Waals surface area (Å²) in [5, 5.41) is 1.17. The summed E-state index contributed by atoms with van der Waals surface area (Å²) in [6.45, 7) is 4.40. The molecule has 1 N–H and O–H groups in total. The summed E-state index contributed by atoms with van der Waals surface area (Å²) in [6.07, 6.45) is 8.46. The Labute approximate surface area is 204 Å². The first-order valence-electron chi connectivity index (χ1n) is 12.1. The molecule has 0 spiro atoms. The number of amides is 2. The highest BCUT2D eigenvalue weighted by atomic mass is 16.5. The molecule has 4 rings (SSSR count). The number of carbonyl (C=O) groups is 4. The van der Waals surface area contributed by atoms with E-state index in [0.717, 1.165) is 37.2 Å². The molecule has 8 nitrogen and oxygen atoms in total. The molecule has 2 aliphatic rings. The highest BCUT2D eigenvalue weighted by Gasteiger charge is 2.24. The zero-order valence-electron chi connectivity index (χ0n) is 20.3. The molecule has 35 heavy (non-hydrogen) atoms. The first-order valence-corrected chi connectivity index (χ1v) is 12.1. The molecule has 184 valence electrons. The van der Waals surface area contributed by atoms with Gasteiger partial charge in [-0.25, -0.2) is 9.80 Å². The molecule has 1 saturated heterocycles. The number of hydrazine groups is 1. The number of nitrogens with zero attached hydrogens (tertiary/aromatic N) is 2. The van der Waals surface area contributed by atoms with E-state index in [1.807, 2.05) is 19.9 Å². The van der Waals surface area contributed by atoms with E-state index in [9.17, 15) is 19.2 Å². The van der Waals surface area contributed by atoms with Crippen molar-refractivity contribution >= 4 is 29.3 Å². The Morgan fingerprint density at radius 1 is 1.03 bits per heavy atom. The van der Waals surface area contributed by atoms with E-state index in [1.165, 1.54) is 35.6 Å². The Morgan fingerprint density at radius 3 is 2.51 bits per heavy atom. The van der Waals surface area contributed by atoms with E-state index < -0.39 is 5.97 Å². The number of ketones is 1. The summed E-state index contributed by atoms with van der Waals surface area (Å²) < 4.78 is 7.43. The van der Waals surface area contributed by atoms with E-state index in [-0.39, 0.29) is 42.6 Å². The van der Waals surface area contributed by atoms with Crippen LogP contribution in [-0.2, 0) is 20.9 Å². The molecule has 1 aromatic heterocycles. The Bertz CT molecular complexity index is 1180. The van der Waals surface area contributed by atoms with Crippen LogP contribution in [0.1, 0.15) is 77.0 Å². The van der Waals surface area contributed by atoms with Gasteiger partial charge < -0.3 is 9.30 Å². The fourth-order valence-electron chi connectivity index (χ4n) is 4.64. The predicted molar refractivity (Wildman–Crippen MR) is 131 cm³/mol. The first-order chi connectivity index (χ1) is 16.8. The summed E-state index contributed by atoms with van der Waals surface area (Å²) >= 11 is 0. The second-order valence-electron chi connectivity index (χ2n) is 9.10. The maximum atomic E-state index is 12.8. The number of ether oxygens (including phenoxy) is 1. The van der Waals surface area contributed by atoms with Gasteiger partial charge in [0.15, 0.2) is 6.61 Å². The SMILES string of the molecule is Cc1cc(C(=O)COC(=O)c2ccc(N3NC(=O)CCC3=O)cc2)c(C)n1CCC1=CCCCC1. The summed E-state index contributed by atoms with van der Waals surface area (Å²) in [5.74, 6) is -1.33. The topological polar surface area (TPSA) is 97.7 Å². The summed E-state index contributed by atoms with van der Waals surface area (Å²) in [6, 6.07) is 7.97. The Kier molecular flexibility index (Phi) is 7.48. The Balaban J connectivity index is 1.34. The van der Waals surface area contributed by atoms with Crippen molar-refractivity contribution in [2.75, 3.05) is 11.6 Å². The molecule has 0 bridgehead atoms. The average Bonchev–Trinajstić information content (AvgIpc) is 3.16. The number of hydrogen-bond acceptors (Lipinski definition) is 5. The highest BCUT2D eigenvalue weighted by Crippen LogP contribution is 2.23. The first kappa shape index (κ1) is 24.4. The van der Waals surface area contributed by atoms with Crippen molar-refractivity contribution in [1.82, 2.24) is 9.99 Å². The van der Waals surface area contributed by atoms with Gasteiger partial charge in [0.05, 0.1) is 11.3 Å². The molecule has 0 saturated carbocycles. The quantitative estimate of drug-likeness (QED) is 0.349. The zero-order valence-corrected chi connectivity index (χ0v) is 20.3. The number of allylic oxidation sites excluding steroid dienone is 2. The second-order valence-corrected chi connectivity index (χ2v) is 9.10. The summed E-state index contributed by atoms with van der Waals surface area (Å²) in [5.41, 5.74) is 7.18. The fourth-order valence-corrected chi connectivity index (χ4v) is 4.64. The molecule has 8 heteroatoms. The van der Waals surface area contributed by atoms with Crippen LogP contribution in [0.15, 0.2) is 42.0 Å². The van der Waals surface area contributed by atoms with Crippen molar-refractivity contribution in [1.29, 1.82) is 0 Å². The predicted octanol–water partition coefficient (Wildman–Crippen LogP) is 4.19. The largest absolute Gasteiger partial charge is 0.454 e. The number of rotatable bonds is 8. The number of carbonyl (C=O) groups excluding carboxylic acids is 4. The van der Waals surface area contributed by atoms with Gasteiger partial charge >= 0.3 is 5.97 Å². The normalized spacial score (nSPS) is 16.1. The van der Waals surface area contributed by atoms with Gasteiger partial charge in [-0.3, -0.25) is 19.8 Å². The number of nitrogens with one attached hydrogen (secondary N) is 1. The van der Waals surface area contributed by atoms with Gasteiger partial charge in [-0.15, -0.1) is 0 Å².